The van der Waals surface area contributed by atoms with E-state index in [0.29, 0.717) is 25.1 Å². The molecule has 3 N–H and O–H groups in total. The number of carbonyl (C=O) groups excluding carboxylic acids is 1. The third kappa shape index (κ3) is 3.96. The average molecular weight is 288 g/mol. The van der Waals surface area contributed by atoms with Crippen LogP contribution in [-0.4, -0.2) is 19.0 Å². The summed E-state index contributed by atoms with van der Waals surface area (Å²) in [6.45, 7) is 4.06. The van der Waals surface area contributed by atoms with Crippen molar-refractivity contribution < 1.29 is 18.0 Å². The smallest absolute Gasteiger partial charge is 0.355 e. The lowest BCUT2D eigenvalue weighted by molar-refractivity contribution is -0.137. The molecule has 0 aliphatic carbocycles. The van der Waals surface area contributed by atoms with E-state index in [9.17, 15) is 18.0 Å². The minimum atomic E-state index is -4.41. The SMILES string of the molecule is CC(C)(C(=O)NCCCN)c1cccc(C(F)(F)F)c1. The molecule has 1 aromatic rings. The summed E-state index contributed by atoms with van der Waals surface area (Å²) >= 11 is 0. The van der Waals surface area contributed by atoms with E-state index in [-0.39, 0.29) is 5.91 Å². The van der Waals surface area contributed by atoms with Gasteiger partial charge in [0.25, 0.3) is 0 Å². The highest BCUT2D eigenvalue weighted by Gasteiger charge is 2.34. The Bertz CT molecular complexity index is 470. The number of hydrogen-bond donors (Lipinski definition) is 2. The Morgan fingerprint density at radius 3 is 2.40 bits per heavy atom. The molecule has 0 spiro atoms. The van der Waals surface area contributed by atoms with E-state index in [1.165, 1.54) is 12.1 Å². The summed E-state index contributed by atoms with van der Waals surface area (Å²) in [5.41, 5.74) is 3.87. The van der Waals surface area contributed by atoms with Crippen LogP contribution in [0, 0.1) is 0 Å². The molecular weight excluding hydrogens is 269 g/mol. The summed E-state index contributed by atoms with van der Waals surface area (Å²) in [5.74, 6) is -0.315. The molecule has 0 aliphatic rings. The van der Waals surface area contributed by atoms with Gasteiger partial charge in [-0.05, 0) is 38.4 Å². The Hall–Kier alpha value is -1.56. The first-order valence-corrected chi connectivity index (χ1v) is 6.35. The number of carbonyl (C=O) groups is 1. The molecule has 1 amide bonds. The molecule has 0 saturated carbocycles. The minimum absolute atomic E-state index is 0.315. The zero-order valence-corrected chi connectivity index (χ0v) is 11.6. The van der Waals surface area contributed by atoms with Crippen molar-refractivity contribution in [1.29, 1.82) is 0 Å². The summed E-state index contributed by atoms with van der Waals surface area (Å²) in [5, 5.41) is 2.68. The normalized spacial score (nSPS) is 12.3. The quantitative estimate of drug-likeness (QED) is 0.818. The van der Waals surface area contributed by atoms with Gasteiger partial charge in [0, 0.05) is 6.54 Å². The van der Waals surface area contributed by atoms with E-state index >= 15 is 0 Å². The fourth-order valence-electron chi connectivity index (χ4n) is 1.74. The Morgan fingerprint density at radius 2 is 1.85 bits per heavy atom. The van der Waals surface area contributed by atoms with Gasteiger partial charge in [-0.3, -0.25) is 4.79 Å². The minimum Gasteiger partial charge on any atom is -0.355 e. The Labute approximate surface area is 116 Å². The summed E-state index contributed by atoms with van der Waals surface area (Å²) in [7, 11) is 0. The average Bonchev–Trinajstić information content (AvgIpc) is 2.38. The third-order valence-electron chi connectivity index (χ3n) is 3.15. The van der Waals surface area contributed by atoms with Crippen molar-refractivity contribution in [2.45, 2.75) is 31.9 Å². The molecule has 0 aromatic heterocycles. The van der Waals surface area contributed by atoms with E-state index < -0.39 is 17.2 Å². The monoisotopic (exact) mass is 288 g/mol. The molecule has 0 atom stereocenters. The number of halogens is 3. The van der Waals surface area contributed by atoms with Crippen LogP contribution in [0.1, 0.15) is 31.4 Å². The number of hydrogen-bond acceptors (Lipinski definition) is 2. The van der Waals surface area contributed by atoms with Crippen LogP contribution in [-0.2, 0) is 16.4 Å². The van der Waals surface area contributed by atoms with Crippen molar-refractivity contribution in [3.8, 4) is 0 Å². The zero-order chi connectivity index (χ0) is 15.4. The largest absolute Gasteiger partial charge is 0.416 e. The Balaban J connectivity index is 2.94. The topological polar surface area (TPSA) is 55.1 Å². The van der Waals surface area contributed by atoms with E-state index in [2.05, 4.69) is 5.32 Å². The maximum atomic E-state index is 12.7. The van der Waals surface area contributed by atoms with Crippen LogP contribution in [0.15, 0.2) is 24.3 Å². The Morgan fingerprint density at radius 1 is 1.25 bits per heavy atom. The van der Waals surface area contributed by atoms with E-state index in [0.717, 1.165) is 12.1 Å². The predicted molar refractivity (Wildman–Crippen MR) is 71.2 cm³/mol. The van der Waals surface area contributed by atoms with Gasteiger partial charge in [-0.25, -0.2) is 0 Å². The molecule has 1 rings (SSSR count). The van der Waals surface area contributed by atoms with Gasteiger partial charge in [0.15, 0.2) is 0 Å². The first kappa shape index (κ1) is 16.5. The summed E-state index contributed by atoms with van der Waals surface area (Å²) in [6, 6.07) is 4.85. The molecule has 6 heteroatoms. The lowest BCUT2D eigenvalue weighted by Gasteiger charge is -2.25. The zero-order valence-electron chi connectivity index (χ0n) is 11.6. The number of alkyl halides is 3. The van der Waals surface area contributed by atoms with Gasteiger partial charge in [0.1, 0.15) is 0 Å². The maximum absolute atomic E-state index is 12.7. The van der Waals surface area contributed by atoms with Crippen molar-refractivity contribution in [3.63, 3.8) is 0 Å². The highest BCUT2D eigenvalue weighted by Crippen LogP contribution is 2.32. The second-order valence-corrected chi connectivity index (χ2v) is 5.10. The number of nitrogens with one attached hydrogen (secondary N) is 1. The molecule has 0 radical (unpaired) electrons. The predicted octanol–water partition coefficient (Wildman–Crippen LogP) is 2.45. The molecular formula is C14H19F3N2O. The molecule has 0 fully saturated rings. The summed E-state index contributed by atoms with van der Waals surface area (Å²) < 4.78 is 38.1. The van der Waals surface area contributed by atoms with Gasteiger partial charge < -0.3 is 11.1 Å². The Kier molecular flexibility index (Phi) is 5.16. The highest BCUT2D eigenvalue weighted by molar-refractivity contribution is 5.87. The fourth-order valence-corrected chi connectivity index (χ4v) is 1.74. The highest BCUT2D eigenvalue weighted by atomic mass is 19.4. The van der Waals surface area contributed by atoms with Crippen LogP contribution in [0.3, 0.4) is 0 Å². The lowest BCUT2D eigenvalue weighted by atomic mass is 9.83. The second kappa shape index (κ2) is 6.26. The maximum Gasteiger partial charge on any atom is 0.416 e. The van der Waals surface area contributed by atoms with Crippen LogP contribution < -0.4 is 11.1 Å². The molecule has 0 saturated heterocycles. The van der Waals surface area contributed by atoms with Crippen LogP contribution in [0.25, 0.3) is 0 Å². The van der Waals surface area contributed by atoms with Crippen molar-refractivity contribution in [2.75, 3.05) is 13.1 Å². The molecule has 3 nitrogen and oxygen atoms in total. The number of amides is 1. The van der Waals surface area contributed by atoms with Crippen molar-refractivity contribution in [3.05, 3.63) is 35.4 Å². The number of benzene rings is 1. The molecule has 0 bridgehead atoms. The number of nitrogens with two attached hydrogens (primary N) is 1. The second-order valence-electron chi connectivity index (χ2n) is 5.10. The molecule has 112 valence electrons. The van der Waals surface area contributed by atoms with Gasteiger partial charge >= 0.3 is 6.18 Å². The van der Waals surface area contributed by atoms with Gasteiger partial charge in [-0.2, -0.15) is 13.2 Å². The van der Waals surface area contributed by atoms with Gasteiger partial charge in [-0.15, -0.1) is 0 Å². The van der Waals surface area contributed by atoms with E-state index in [1.807, 2.05) is 0 Å². The third-order valence-corrected chi connectivity index (χ3v) is 3.15. The fraction of sp³-hybridized carbons (Fsp3) is 0.500. The first-order chi connectivity index (χ1) is 9.19. The van der Waals surface area contributed by atoms with Crippen molar-refractivity contribution >= 4 is 5.91 Å². The molecule has 0 heterocycles. The molecule has 1 aromatic carbocycles. The van der Waals surface area contributed by atoms with Gasteiger partial charge in [-0.1, -0.05) is 18.2 Å². The van der Waals surface area contributed by atoms with Gasteiger partial charge in [0.2, 0.25) is 5.91 Å². The molecule has 0 aliphatic heterocycles. The molecule has 0 unspecified atom stereocenters. The van der Waals surface area contributed by atoms with E-state index in [4.69, 9.17) is 5.73 Å². The summed E-state index contributed by atoms with van der Waals surface area (Å²) in [6.07, 6.45) is -3.79. The summed E-state index contributed by atoms with van der Waals surface area (Å²) in [4.78, 5) is 12.1. The van der Waals surface area contributed by atoms with Gasteiger partial charge in [0.05, 0.1) is 11.0 Å². The standard InChI is InChI=1S/C14H19F3N2O/c1-13(2,12(20)19-8-4-7-18)10-5-3-6-11(9-10)14(15,16)17/h3,5-6,9H,4,7-8,18H2,1-2H3,(H,19,20). The van der Waals surface area contributed by atoms with Crippen molar-refractivity contribution in [1.82, 2.24) is 5.32 Å². The van der Waals surface area contributed by atoms with Crippen LogP contribution in [0.5, 0.6) is 0 Å². The van der Waals surface area contributed by atoms with E-state index in [1.54, 1.807) is 13.8 Å². The number of rotatable bonds is 5. The molecule has 20 heavy (non-hydrogen) atoms. The van der Waals surface area contributed by atoms with Crippen LogP contribution >= 0.6 is 0 Å². The lowest BCUT2D eigenvalue weighted by Crippen LogP contribution is -2.41. The first-order valence-electron chi connectivity index (χ1n) is 6.35. The van der Waals surface area contributed by atoms with Crippen LogP contribution in [0.2, 0.25) is 0 Å². The van der Waals surface area contributed by atoms with Crippen LogP contribution in [0.4, 0.5) is 13.2 Å². The van der Waals surface area contributed by atoms with Crippen molar-refractivity contribution in [2.24, 2.45) is 5.73 Å².